The largest absolute Gasteiger partial charge is 0.469 e. The summed E-state index contributed by atoms with van der Waals surface area (Å²) in [7, 11) is 5.37. The highest BCUT2D eigenvalue weighted by Crippen LogP contribution is 2.38. The van der Waals surface area contributed by atoms with Crippen LogP contribution in [0.1, 0.15) is 91.1 Å². The van der Waals surface area contributed by atoms with Crippen LogP contribution in [0.15, 0.2) is 18.2 Å². The summed E-state index contributed by atoms with van der Waals surface area (Å²) >= 11 is 0. The minimum Gasteiger partial charge on any atom is -0.469 e. The summed E-state index contributed by atoms with van der Waals surface area (Å²) in [6.45, 7) is 10.6. The Labute approximate surface area is 297 Å². The maximum Gasteiger partial charge on any atom is 0.310 e. The van der Waals surface area contributed by atoms with Gasteiger partial charge in [0.25, 0.3) is 0 Å². The molecule has 3 aromatic rings. The number of carbonyl (C=O) groups is 4. The Morgan fingerprint density at radius 3 is 1.71 bits per heavy atom. The van der Waals surface area contributed by atoms with Crippen molar-refractivity contribution < 1.29 is 38.1 Å². The van der Waals surface area contributed by atoms with Crippen LogP contribution in [-0.4, -0.2) is 72.3 Å². The van der Waals surface area contributed by atoms with E-state index in [0.717, 1.165) is 39.5 Å². The Hall–Kier alpha value is -5.00. The molecule has 272 valence electrons. The molecule has 5 rings (SSSR count). The van der Waals surface area contributed by atoms with Gasteiger partial charge in [0.15, 0.2) is 0 Å². The number of H-pyrrole nitrogens is 2. The fraction of sp³-hybridized carbons (Fsp3) is 0.487. The second-order valence-corrected chi connectivity index (χ2v) is 14.6. The van der Waals surface area contributed by atoms with E-state index in [9.17, 15) is 19.2 Å². The molecule has 3 aromatic heterocycles. The summed E-state index contributed by atoms with van der Waals surface area (Å²) in [5.41, 5.74) is 9.30. The predicted octanol–water partition coefficient (Wildman–Crippen LogP) is 5.31. The number of nitrogens with zero attached hydrogens (tertiary/aromatic N) is 2. The van der Waals surface area contributed by atoms with Crippen molar-refractivity contribution in [3.63, 3.8) is 0 Å². The Morgan fingerprint density at radius 1 is 0.627 bits per heavy atom. The first-order valence-electron chi connectivity index (χ1n) is 17.1. The van der Waals surface area contributed by atoms with Gasteiger partial charge in [-0.25, -0.2) is 0 Å². The van der Waals surface area contributed by atoms with Crippen LogP contribution in [0, 0.1) is 6.92 Å². The zero-order valence-electron chi connectivity index (χ0n) is 31.0. The van der Waals surface area contributed by atoms with Crippen LogP contribution >= 0.6 is 0 Å². The monoisotopic (exact) mass is 700 g/mol. The van der Waals surface area contributed by atoms with Gasteiger partial charge in [-0.2, -0.15) is 0 Å². The molecule has 0 saturated carbocycles. The minimum atomic E-state index is -0.436. The van der Waals surface area contributed by atoms with Crippen LogP contribution < -0.4 is 0 Å². The molecule has 2 aliphatic heterocycles. The van der Waals surface area contributed by atoms with Crippen molar-refractivity contribution in [1.29, 1.82) is 0 Å². The second kappa shape index (κ2) is 14.7. The first-order valence-corrected chi connectivity index (χ1v) is 17.1. The van der Waals surface area contributed by atoms with Crippen molar-refractivity contribution in [2.45, 2.75) is 96.8 Å². The number of fused-ring (bicyclic) bond motifs is 8. The lowest BCUT2D eigenvalue weighted by Gasteiger charge is -2.18. The third-order valence-corrected chi connectivity index (χ3v) is 9.98. The summed E-state index contributed by atoms with van der Waals surface area (Å²) in [6.07, 6.45) is 1.99. The Bertz CT molecular complexity index is 2050. The molecule has 0 atom stereocenters. The van der Waals surface area contributed by atoms with E-state index in [0.29, 0.717) is 46.0 Å². The molecule has 0 aliphatic carbocycles. The summed E-state index contributed by atoms with van der Waals surface area (Å²) < 4.78 is 20.2. The number of aromatic nitrogens is 4. The van der Waals surface area contributed by atoms with Gasteiger partial charge in [0.1, 0.15) is 0 Å². The third kappa shape index (κ3) is 7.84. The van der Waals surface area contributed by atoms with Gasteiger partial charge < -0.3 is 28.9 Å². The Balaban J connectivity index is 2.01. The summed E-state index contributed by atoms with van der Waals surface area (Å²) in [6, 6.07) is 5.95. The summed E-state index contributed by atoms with van der Waals surface area (Å²) in [5, 5.41) is 0. The fourth-order valence-corrected chi connectivity index (χ4v) is 7.31. The van der Waals surface area contributed by atoms with Crippen molar-refractivity contribution in [3.05, 3.63) is 68.8 Å². The average molecular weight is 701 g/mol. The molecule has 8 bridgehead atoms. The number of rotatable bonds is 10. The molecule has 0 amide bonds. The van der Waals surface area contributed by atoms with Gasteiger partial charge in [0, 0.05) is 75.7 Å². The standard InChI is InChI=1S/C39H48N4O8/c1-21-36-27(16-35(47)51-9)25(11-13-33(45)49-7)29(43-36)17-28-24(10-12-32(44)48-6)26(15-34(46)50-8)30(42-28)18-31-38(2,3)19-22(40-31)14-23-20-39(4,5)37(21)41-23/h14,17-18,42-43H,10-13,15-16,19-20H2,1-9H3. The predicted molar refractivity (Wildman–Crippen MR) is 191 cm³/mol. The van der Waals surface area contributed by atoms with Crippen LogP contribution in [-0.2, 0) is 87.5 Å². The van der Waals surface area contributed by atoms with Gasteiger partial charge in [-0.05, 0) is 65.8 Å². The maximum atomic E-state index is 12.9. The first kappa shape index (κ1) is 37.3. The van der Waals surface area contributed by atoms with Gasteiger partial charge in [0.2, 0.25) is 0 Å². The molecule has 0 radical (unpaired) electrons. The number of carbonyl (C=O) groups excluding carboxylic acids is 4. The number of esters is 4. The SMILES string of the molecule is COC(=O)CCc1c(CC(=O)OC)c2cc3nc(cc4nc(c(C)c5[nH]c(cc1[nH]2)c(CCC(=O)OC)c5CC(=O)OC)C(C)(C)C4)CC3(C)C. The zero-order valence-corrected chi connectivity index (χ0v) is 31.0. The van der Waals surface area contributed by atoms with Crippen molar-refractivity contribution in [2.75, 3.05) is 28.4 Å². The molecule has 2 aliphatic rings. The highest BCUT2D eigenvalue weighted by atomic mass is 16.5. The molecule has 12 nitrogen and oxygen atoms in total. The van der Waals surface area contributed by atoms with E-state index in [4.69, 9.17) is 28.9 Å². The molecule has 5 heterocycles. The number of aromatic amines is 2. The van der Waals surface area contributed by atoms with E-state index in [1.165, 1.54) is 28.4 Å². The molecule has 0 aromatic carbocycles. The quantitative estimate of drug-likeness (QED) is 0.210. The van der Waals surface area contributed by atoms with E-state index in [2.05, 4.69) is 43.7 Å². The zero-order chi connectivity index (χ0) is 37.2. The minimum absolute atomic E-state index is 0.0445. The van der Waals surface area contributed by atoms with Crippen molar-refractivity contribution in [2.24, 2.45) is 0 Å². The molecular formula is C39H48N4O8. The van der Waals surface area contributed by atoms with Crippen LogP contribution in [0.25, 0.3) is 22.1 Å². The van der Waals surface area contributed by atoms with E-state index in [1.807, 2.05) is 19.1 Å². The normalized spacial score (nSPS) is 14.5. The van der Waals surface area contributed by atoms with E-state index in [1.54, 1.807) is 0 Å². The fourth-order valence-electron chi connectivity index (χ4n) is 7.31. The highest BCUT2D eigenvalue weighted by molar-refractivity contribution is 5.87. The number of aryl methyl sites for hydroxylation is 3. The first-order chi connectivity index (χ1) is 24.1. The maximum absolute atomic E-state index is 12.9. The average Bonchev–Trinajstić information content (AvgIpc) is 3.77. The van der Waals surface area contributed by atoms with Crippen LogP contribution in [0.3, 0.4) is 0 Å². The molecule has 51 heavy (non-hydrogen) atoms. The molecule has 0 spiro atoms. The highest BCUT2D eigenvalue weighted by Gasteiger charge is 2.33. The molecular weight excluding hydrogens is 652 g/mol. The second-order valence-electron chi connectivity index (χ2n) is 14.6. The van der Waals surface area contributed by atoms with Gasteiger partial charge in [-0.3, -0.25) is 29.1 Å². The van der Waals surface area contributed by atoms with Crippen LogP contribution in [0.5, 0.6) is 0 Å². The van der Waals surface area contributed by atoms with Crippen LogP contribution in [0.4, 0.5) is 0 Å². The van der Waals surface area contributed by atoms with E-state index in [-0.39, 0.29) is 49.4 Å². The van der Waals surface area contributed by atoms with Gasteiger partial charge in [-0.1, -0.05) is 27.7 Å². The lowest BCUT2D eigenvalue weighted by atomic mass is 9.84. The lowest BCUT2D eigenvalue weighted by Crippen LogP contribution is -2.17. The Kier molecular flexibility index (Phi) is 10.7. The van der Waals surface area contributed by atoms with Crippen LogP contribution in [0.2, 0.25) is 0 Å². The number of nitrogens with one attached hydrogen (secondary N) is 2. The number of ether oxygens (including phenoxy) is 4. The van der Waals surface area contributed by atoms with Gasteiger partial charge in [-0.15, -0.1) is 0 Å². The van der Waals surface area contributed by atoms with E-state index < -0.39 is 23.9 Å². The smallest absolute Gasteiger partial charge is 0.310 e. The molecule has 0 fully saturated rings. The molecule has 12 heteroatoms. The van der Waals surface area contributed by atoms with Crippen molar-refractivity contribution in [1.82, 2.24) is 19.9 Å². The number of hydrogen-bond donors (Lipinski definition) is 2. The number of methoxy groups -OCH3 is 4. The number of hydrogen-bond acceptors (Lipinski definition) is 10. The lowest BCUT2D eigenvalue weighted by molar-refractivity contribution is -0.141. The third-order valence-electron chi connectivity index (χ3n) is 9.98. The molecule has 0 unspecified atom stereocenters. The van der Waals surface area contributed by atoms with Gasteiger partial charge >= 0.3 is 23.9 Å². The van der Waals surface area contributed by atoms with Crippen molar-refractivity contribution >= 4 is 45.9 Å². The molecule has 0 saturated heterocycles. The topological polar surface area (TPSA) is 163 Å². The van der Waals surface area contributed by atoms with Gasteiger partial charge in [0.05, 0.1) is 47.0 Å². The van der Waals surface area contributed by atoms with Crippen molar-refractivity contribution in [3.8, 4) is 0 Å². The summed E-state index contributed by atoms with van der Waals surface area (Å²) in [4.78, 5) is 68.1. The molecule has 2 N–H and O–H groups in total. The Morgan fingerprint density at radius 2 is 1.12 bits per heavy atom. The van der Waals surface area contributed by atoms with E-state index >= 15 is 0 Å². The summed E-state index contributed by atoms with van der Waals surface area (Å²) in [5.74, 6) is -1.66.